The topological polar surface area (TPSA) is 65.5 Å². The maximum atomic E-state index is 12.3. The van der Waals surface area contributed by atoms with Gasteiger partial charge in [0.2, 0.25) is 0 Å². The highest BCUT2D eigenvalue weighted by molar-refractivity contribution is 6.06. The van der Waals surface area contributed by atoms with Crippen molar-refractivity contribution >= 4 is 11.9 Å². The van der Waals surface area contributed by atoms with Crippen molar-refractivity contribution in [2.75, 3.05) is 13.2 Å². The number of hydrogen-bond donors (Lipinski definition) is 0. The maximum Gasteiger partial charge on any atom is 0.328 e. The van der Waals surface area contributed by atoms with Crippen molar-refractivity contribution in [1.82, 2.24) is 4.98 Å². The molecule has 1 aromatic heterocycles. The second-order valence-electron chi connectivity index (χ2n) is 3.94. The lowest BCUT2D eigenvalue weighted by atomic mass is 9.78. The van der Waals surface area contributed by atoms with E-state index >= 15 is 0 Å². The smallest absolute Gasteiger partial charge is 0.328 e. The Morgan fingerprint density at radius 1 is 1.16 bits per heavy atom. The minimum atomic E-state index is -1.43. The van der Waals surface area contributed by atoms with Crippen molar-refractivity contribution in [3.8, 4) is 0 Å². The van der Waals surface area contributed by atoms with Crippen LogP contribution in [0.5, 0.6) is 0 Å². The Kier molecular flexibility index (Phi) is 5.48. The molecule has 0 aromatic carbocycles. The molecule has 5 heteroatoms. The van der Waals surface area contributed by atoms with E-state index in [1.54, 1.807) is 39.1 Å². The van der Waals surface area contributed by atoms with E-state index in [1.807, 2.05) is 0 Å². The molecular formula is C14H19NO4. The Morgan fingerprint density at radius 2 is 1.74 bits per heavy atom. The number of ether oxygens (including phenoxy) is 2. The monoisotopic (exact) mass is 265 g/mol. The van der Waals surface area contributed by atoms with E-state index in [0.29, 0.717) is 5.56 Å². The Morgan fingerprint density at radius 3 is 2.11 bits per heavy atom. The fraction of sp³-hybridized carbons (Fsp3) is 0.500. The summed E-state index contributed by atoms with van der Waals surface area (Å²) in [4.78, 5) is 28.5. The first-order valence-corrected chi connectivity index (χ1v) is 6.38. The van der Waals surface area contributed by atoms with Crippen LogP contribution in [0.1, 0.15) is 32.8 Å². The van der Waals surface area contributed by atoms with E-state index in [2.05, 4.69) is 4.98 Å². The molecule has 1 aromatic rings. The van der Waals surface area contributed by atoms with Crippen LogP contribution < -0.4 is 0 Å². The largest absolute Gasteiger partial charge is 0.465 e. The van der Waals surface area contributed by atoms with E-state index in [4.69, 9.17) is 9.47 Å². The molecule has 0 atom stereocenters. The third kappa shape index (κ3) is 2.92. The molecule has 0 unspecified atom stereocenters. The Bertz CT molecular complexity index is 412. The van der Waals surface area contributed by atoms with Crippen molar-refractivity contribution in [3.05, 3.63) is 30.1 Å². The summed E-state index contributed by atoms with van der Waals surface area (Å²) < 4.78 is 10.1. The van der Waals surface area contributed by atoms with Gasteiger partial charge in [-0.15, -0.1) is 0 Å². The maximum absolute atomic E-state index is 12.3. The second-order valence-corrected chi connectivity index (χ2v) is 3.94. The zero-order valence-electron chi connectivity index (χ0n) is 11.5. The lowest BCUT2D eigenvalue weighted by molar-refractivity contribution is -0.165. The van der Waals surface area contributed by atoms with Crippen LogP contribution in [0.15, 0.2) is 24.5 Å². The van der Waals surface area contributed by atoms with Crippen LogP contribution in [0.2, 0.25) is 0 Å². The van der Waals surface area contributed by atoms with Crippen LogP contribution in [0, 0.1) is 0 Å². The van der Waals surface area contributed by atoms with Gasteiger partial charge >= 0.3 is 11.9 Å². The molecule has 0 fully saturated rings. The molecule has 0 aliphatic rings. The third-order valence-electron chi connectivity index (χ3n) is 2.93. The normalized spacial score (nSPS) is 10.9. The number of carbonyl (C=O) groups is 2. The predicted molar refractivity (Wildman–Crippen MR) is 69.5 cm³/mol. The third-order valence-corrected chi connectivity index (χ3v) is 2.93. The van der Waals surface area contributed by atoms with Gasteiger partial charge in [0.25, 0.3) is 0 Å². The van der Waals surface area contributed by atoms with Gasteiger partial charge in [0.1, 0.15) is 0 Å². The van der Waals surface area contributed by atoms with Crippen molar-refractivity contribution in [2.24, 2.45) is 0 Å². The highest BCUT2D eigenvalue weighted by Crippen LogP contribution is 2.31. The fourth-order valence-electron chi connectivity index (χ4n) is 1.94. The van der Waals surface area contributed by atoms with Crippen LogP contribution in [-0.2, 0) is 24.5 Å². The molecule has 104 valence electrons. The SMILES string of the molecule is CCOC(=O)C(CC)(C(=O)OCC)c1cccnc1. The summed E-state index contributed by atoms with van der Waals surface area (Å²) in [5.41, 5.74) is -0.935. The quantitative estimate of drug-likeness (QED) is 0.580. The van der Waals surface area contributed by atoms with Gasteiger partial charge in [-0.3, -0.25) is 14.6 Å². The first-order valence-electron chi connectivity index (χ1n) is 6.38. The summed E-state index contributed by atoms with van der Waals surface area (Å²) in [6.45, 7) is 5.57. The minimum absolute atomic E-state index is 0.209. The van der Waals surface area contributed by atoms with Gasteiger partial charge in [0.15, 0.2) is 5.41 Å². The van der Waals surface area contributed by atoms with Gasteiger partial charge in [-0.2, -0.15) is 0 Å². The Hall–Kier alpha value is -1.91. The molecule has 0 bridgehead atoms. The summed E-state index contributed by atoms with van der Waals surface area (Å²) in [6.07, 6.45) is 3.34. The van der Waals surface area contributed by atoms with Crippen LogP contribution in [0.4, 0.5) is 0 Å². The molecule has 0 radical (unpaired) electrons. The van der Waals surface area contributed by atoms with Crippen molar-refractivity contribution in [1.29, 1.82) is 0 Å². The summed E-state index contributed by atoms with van der Waals surface area (Å²) in [5, 5.41) is 0. The number of carbonyl (C=O) groups excluding carboxylic acids is 2. The Labute approximate surface area is 112 Å². The highest BCUT2D eigenvalue weighted by atomic mass is 16.6. The highest BCUT2D eigenvalue weighted by Gasteiger charge is 2.49. The average molecular weight is 265 g/mol. The number of nitrogens with zero attached hydrogens (tertiary/aromatic N) is 1. The molecular weight excluding hydrogens is 246 g/mol. The summed E-state index contributed by atoms with van der Waals surface area (Å²) in [5.74, 6) is -1.19. The molecule has 0 N–H and O–H groups in total. The zero-order chi connectivity index (χ0) is 14.3. The predicted octanol–water partition coefficient (Wildman–Crippen LogP) is 1.86. The molecule has 5 nitrogen and oxygen atoms in total. The molecule has 19 heavy (non-hydrogen) atoms. The molecule has 0 aliphatic carbocycles. The lowest BCUT2D eigenvalue weighted by Crippen LogP contribution is -2.45. The fourth-order valence-corrected chi connectivity index (χ4v) is 1.94. The lowest BCUT2D eigenvalue weighted by Gasteiger charge is -2.27. The molecule has 1 rings (SSSR count). The zero-order valence-corrected chi connectivity index (χ0v) is 11.5. The van der Waals surface area contributed by atoms with E-state index in [1.165, 1.54) is 6.20 Å². The van der Waals surface area contributed by atoms with Crippen molar-refractivity contribution < 1.29 is 19.1 Å². The number of pyridine rings is 1. The summed E-state index contributed by atoms with van der Waals surface area (Å²) in [7, 11) is 0. The van der Waals surface area contributed by atoms with Crippen molar-refractivity contribution in [3.63, 3.8) is 0 Å². The van der Waals surface area contributed by atoms with Gasteiger partial charge in [0.05, 0.1) is 13.2 Å². The first kappa shape index (κ1) is 15.1. The van der Waals surface area contributed by atoms with Gasteiger partial charge in [-0.25, -0.2) is 0 Å². The van der Waals surface area contributed by atoms with Gasteiger partial charge < -0.3 is 9.47 Å². The number of rotatable bonds is 6. The Balaban J connectivity index is 3.29. The molecule has 0 saturated carbocycles. The second kappa shape index (κ2) is 6.87. The van der Waals surface area contributed by atoms with E-state index in [-0.39, 0.29) is 19.6 Å². The summed E-state index contributed by atoms with van der Waals surface area (Å²) >= 11 is 0. The number of esters is 2. The molecule has 0 aliphatic heterocycles. The molecule has 0 spiro atoms. The average Bonchev–Trinajstić information content (AvgIpc) is 2.42. The van der Waals surface area contributed by atoms with Crippen LogP contribution in [-0.4, -0.2) is 30.1 Å². The van der Waals surface area contributed by atoms with Crippen molar-refractivity contribution in [2.45, 2.75) is 32.6 Å². The standard InChI is InChI=1S/C14H19NO4/c1-4-14(12(16)18-5-2,13(17)19-6-3)11-8-7-9-15-10-11/h7-10H,4-6H2,1-3H3. The van der Waals surface area contributed by atoms with Crippen LogP contribution in [0.25, 0.3) is 0 Å². The van der Waals surface area contributed by atoms with Gasteiger partial charge in [-0.1, -0.05) is 13.0 Å². The van der Waals surface area contributed by atoms with Crippen LogP contribution in [0.3, 0.4) is 0 Å². The molecule has 0 amide bonds. The van der Waals surface area contributed by atoms with E-state index < -0.39 is 17.4 Å². The van der Waals surface area contributed by atoms with Gasteiger partial charge in [0, 0.05) is 12.4 Å². The van der Waals surface area contributed by atoms with Gasteiger partial charge in [-0.05, 0) is 31.9 Å². The van der Waals surface area contributed by atoms with Crippen LogP contribution >= 0.6 is 0 Å². The minimum Gasteiger partial charge on any atom is -0.465 e. The summed E-state index contributed by atoms with van der Waals surface area (Å²) in [6, 6.07) is 3.36. The number of aromatic nitrogens is 1. The molecule has 0 saturated heterocycles. The first-order chi connectivity index (χ1) is 9.13. The van der Waals surface area contributed by atoms with E-state index in [0.717, 1.165) is 0 Å². The van der Waals surface area contributed by atoms with E-state index in [9.17, 15) is 9.59 Å². The number of hydrogen-bond acceptors (Lipinski definition) is 5. The molecule has 1 heterocycles.